The molecule has 2 heterocycles. The van der Waals surface area contributed by atoms with E-state index in [0.29, 0.717) is 50.2 Å². The number of carbonyl (C=O) groups is 1. The maximum Gasteiger partial charge on any atom is 0.338 e. The topological polar surface area (TPSA) is 122 Å². The molecule has 2 aromatic carbocycles. The molecule has 0 amide bonds. The van der Waals surface area contributed by atoms with Crippen LogP contribution in [0.15, 0.2) is 63.5 Å². The fourth-order valence-electron chi connectivity index (χ4n) is 4.27. The van der Waals surface area contributed by atoms with Crippen molar-refractivity contribution in [1.29, 1.82) is 0 Å². The van der Waals surface area contributed by atoms with Gasteiger partial charge in [0, 0.05) is 12.1 Å². The van der Waals surface area contributed by atoms with Gasteiger partial charge in [0.25, 0.3) is 11.2 Å². The maximum atomic E-state index is 13.7. The van der Waals surface area contributed by atoms with Gasteiger partial charge in [-0.15, -0.1) is 0 Å². The molecule has 0 fully saturated rings. The highest BCUT2D eigenvalue weighted by Crippen LogP contribution is 2.36. The summed E-state index contributed by atoms with van der Waals surface area (Å²) in [5.74, 6) is 0.897. The summed E-state index contributed by atoms with van der Waals surface area (Å²) in [5, 5.41) is 11.2. The van der Waals surface area contributed by atoms with Gasteiger partial charge in [-0.25, -0.2) is 9.79 Å². The Bertz CT molecular complexity index is 1640. The largest absolute Gasteiger partial charge is 0.493 e. The van der Waals surface area contributed by atoms with Crippen LogP contribution in [-0.4, -0.2) is 36.3 Å². The van der Waals surface area contributed by atoms with Crippen LogP contribution in [0.3, 0.4) is 0 Å². The number of thiazole rings is 1. The lowest BCUT2D eigenvalue weighted by Crippen LogP contribution is -2.39. The molecule has 1 aromatic heterocycles. The Kier molecular flexibility index (Phi) is 8.29. The van der Waals surface area contributed by atoms with Crippen molar-refractivity contribution in [3.63, 3.8) is 0 Å². The van der Waals surface area contributed by atoms with Crippen molar-refractivity contribution < 1.29 is 23.9 Å². The van der Waals surface area contributed by atoms with Gasteiger partial charge in [0.2, 0.25) is 0 Å². The molecule has 1 atom stereocenters. The Hall–Kier alpha value is -4.25. The minimum atomic E-state index is -0.834. The van der Waals surface area contributed by atoms with Gasteiger partial charge in [-0.05, 0) is 48.6 Å². The van der Waals surface area contributed by atoms with E-state index in [1.807, 2.05) is 0 Å². The summed E-state index contributed by atoms with van der Waals surface area (Å²) in [6.45, 7) is 6.44. The molecule has 11 heteroatoms. The highest BCUT2D eigenvalue weighted by Gasteiger charge is 2.33. The molecule has 39 heavy (non-hydrogen) atoms. The van der Waals surface area contributed by atoms with Crippen LogP contribution in [0.2, 0.25) is 0 Å². The van der Waals surface area contributed by atoms with Gasteiger partial charge in [0.1, 0.15) is 0 Å². The van der Waals surface area contributed by atoms with E-state index in [1.54, 1.807) is 43.3 Å². The number of benzene rings is 2. The monoisotopic (exact) mass is 551 g/mol. The first-order valence-electron chi connectivity index (χ1n) is 12.3. The molecule has 0 N–H and O–H groups in total. The zero-order valence-corrected chi connectivity index (χ0v) is 23.1. The number of nitro benzene ring substituents is 1. The molecular formula is C28H29N3O7S. The zero-order valence-electron chi connectivity index (χ0n) is 22.3. The first-order valence-corrected chi connectivity index (χ1v) is 13.1. The minimum absolute atomic E-state index is 0.0824. The number of carbonyl (C=O) groups excluding carboxylic acids is 1. The number of fused-ring (bicyclic) bond motifs is 1. The van der Waals surface area contributed by atoms with Gasteiger partial charge >= 0.3 is 5.97 Å². The van der Waals surface area contributed by atoms with Gasteiger partial charge in [-0.2, -0.15) is 0 Å². The molecule has 0 spiro atoms. The van der Waals surface area contributed by atoms with Crippen molar-refractivity contribution in [2.24, 2.45) is 10.9 Å². The number of ether oxygens (including phenoxy) is 3. The molecule has 0 saturated carbocycles. The van der Waals surface area contributed by atoms with Crippen molar-refractivity contribution in [2.75, 3.05) is 20.8 Å². The molecular weight excluding hydrogens is 522 g/mol. The first-order chi connectivity index (χ1) is 18.6. The number of allylic oxidation sites excluding steroid dienone is 1. The molecule has 1 aliphatic heterocycles. The molecule has 0 bridgehead atoms. The van der Waals surface area contributed by atoms with Gasteiger partial charge in [-0.1, -0.05) is 43.4 Å². The quantitative estimate of drug-likeness (QED) is 0.225. The fourth-order valence-corrected chi connectivity index (χ4v) is 5.31. The van der Waals surface area contributed by atoms with Crippen LogP contribution in [0.4, 0.5) is 5.69 Å². The predicted octanol–water partition coefficient (Wildman–Crippen LogP) is 3.75. The molecule has 0 aliphatic carbocycles. The lowest BCUT2D eigenvalue weighted by Gasteiger charge is -2.25. The summed E-state index contributed by atoms with van der Waals surface area (Å²) < 4.78 is 18.3. The number of nitrogens with zero attached hydrogens (tertiary/aromatic N) is 3. The van der Waals surface area contributed by atoms with Crippen LogP contribution >= 0.6 is 11.3 Å². The van der Waals surface area contributed by atoms with Gasteiger partial charge in [0.05, 0.1) is 47.6 Å². The summed E-state index contributed by atoms with van der Waals surface area (Å²) >= 11 is 1.14. The molecule has 1 unspecified atom stereocenters. The minimum Gasteiger partial charge on any atom is -0.493 e. The number of rotatable bonds is 9. The van der Waals surface area contributed by atoms with Crippen LogP contribution in [0, 0.1) is 16.0 Å². The second-order valence-corrected chi connectivity index (χ2v) is 10.4. The number of esters is 1. The van der Waals surface area contributed by atoms with Crippen molar-refractivity contribution in [1.82, 2.24) is 4.57 Å². The lowest BCUT2D eigenvalue weighted by molar-refractivity contribution is -0.384. The normalized spacial score (nSPS) is 15.1. The van der Waals surface area contributed by atoms with E-state index in [-0.39, 0.29) is 16.8 Å². The Morgan fingerprint density at radius 2 is 1.97 bits per heavy atom. The molecule has 3 aromatic rings. The summed E-state index contributed by atoms with van der Waals surface area (Å²) in [6.07, 6.45) is 2.46. The number of hydrogen-bond donors (Lipinski definition) is 0. The second-order valence-electron chi connectivity index (χ2n) is 9.37. The Morgan fingerprint density at radius 1 is 1.21 bits per heavy atom. The number of methoxy groups -OCH3 is 2. The Morgan fingerprint density at radius 3 is 2.64 bits per heavy atom. The number of non-ortho nitro benzene ring substituents is 1. The predicted molar refractivity (Wildman–Crippen MR) is 147 cm³/mol. The fraction of sp³-hybridized carbons (Fsp3) is 0.321. The molecule has 0 saturated heterocycles. The third-order valence-corrected chi connectivity index (χ3v) is 7.24. The van der Waals surface area contributed by atoms with Gasteiger partial charge in [-0.3, -0.25) is 19.5 Å². The molecule has 10 nitrogen and oxygen atoms in total. The van der Waals surface area contributed by atoms with E-state index in [0.717, 1.165) is 17.8 Å². The molecule has 0 radical (unpaired) electrons. The van der Waals surface area contributed by atoms with E-state index in [1.165, 1.54) is 30.9 Å². The Balaban J connectivity index is 1.87. The van der Waals surface area contributed by atoms with Crippen LogP contribution in [-0.2, 0) is 9.53 Å². The third kappa shape index (κ3) is 5.78. The second kappa shape index (κ2) is 11.6. The maximum absolute atomic E-state index is 13.7. The summed E-state index contributed by atoms with van der Waals surface area (Å²) in [5.41, 5.74) is 1.29. The van der Waals surface area contributed by atoms with Crippen LogP contribution in [0.25, 0.3) is 6.08 Å². The van der Waals surface area contributed by atoms with Crippen LogP contribution in [0.5, 0.6) is 11.5 Å². The number of aromatic nitrogens is 1. The SMILES string of the molecule is COC(=O)C1=C(C)N=c2sc(=Cc3cccc([N+](=O)[O-])c3)c(=O)n2C1c1ccc(OCCC(C)C)c(OC)c1. The van der Waals surface area contributed by atoms with E-state index < -0.39 is 16.9 Å². The highest BCUT2D eigenvalue weighted by molar-refractivity contribution is 7.07. The van der Waals surface area contributed by atoms with Crippen molar-refractivity contribution in [3.8, 4) is 11.5 Å². The van der Waals surface area contributed by atoms with E-state index in [9.17, 15) is 19.7 Å². The van der Waals surface area contributed by atoms with Gasteiger partial charge < -0.3 is 14.2 Å². The standard InChI is InChI=1S/C28H29N3O7S/c1-16(2)11-12-38-21-10-9-19(15-22(21)36-4)25-24(27(33)37-5)17(3)29-28-30(25)26(32)23(39-28)14-18-7-6-8-20(13-18)31(34)35/h6-10,13-16,25H,11-12H2,1-5H3. The molecule has 204 valence electrons. The smallest absolute Gasteiger partial charge is 0.338 e. The highest BCUT2D eigenvalue weighted by atomic mass is 32.1. The van der Waals surface area contributed by atoms with Crippen molar-refractivity contribution in [3.05, 3.63) is 94.7 Å². The zero-order chi connectivity index (χ0) is 28.3. The molecule has 4 rings (SSSR count). The summed E-state index contributed by atoms with van der Waals surface area (Å²) in [7, 11) is 2.81. The van der Waals surface area contributed by atoms with Crippen molar-refractivity contribution >= 4 is 29.1 Å². The summed E-state index contributed by atoms with van der Waals surface area (Å²) in [4.78, 5) is 42.3. The summed E-state index contributed by atoms with van der Waals surface area (Å²) in [6, 6.07) is 10.5. The lowest BCUT2D eigenvalue weighted by atomic mass is 9.95. The van der Waals surface area contributed by atoms with Crippen LogP contribution < -0.4 is 24.4 Å². The first kappa shape index (κ1) is 27.8. The van der Waals surface area contributed by atoms with E-state index >= 15 is 0 Å². The average molecular weight is 552 g/mol. The van der Waals surface area contributed by atoms with Gasteiger partial charge in [0.15, 0.2) is 16.3 Å². The Labute approximate surface area is 228 Å². The van der Waals surface area contributed by atoms with E-state index in [2.05, 4.69) is 18.8 Å². The average Bonchev–Trinajstić information content (AvgIpc) is 3.21. The third-order valence-electron chi connectivity index (χ3n) is 6.26. The van der Waals surface area contributed by atoms with Crippen molar-refractivity contribution in [2.45, 2.75) is 33.2 Å². The number of nitro groups is 1. The number of hydrogen-bond acceptors (Lipinski definition) is 9. The van der Waals surface area contributed by atoms with Crippen LogP contribution in [0.1, 0.15) is 44.4 Å². The molecule has 1 aliphatic rings. The van der Waals surface area contributed by atoms with E-state index in [4.69, 9.17) is 14.2 Å².